The number of fused-ring (bicyclic) bond motifs is 1. The molecule has 1 fully saturated rings. The predicted octanol–water partition coefficient (Wildman–Crippen LogP) is 0.332. The number of rotatable bonds is 3. The number of ether oxygens (including phenoxy) is 2. The molecule has 106 valence electrons. The number of hydrogen-bond donors (Lipinski definition) is 1. The third-order valence-corrected chi connectivity index (χ3v) is 3.18. The highest BCUT2D eigenvalue weighted by Gasteiger charge is 2.41. The van der Waals surface area contributed by atoms with Gasteiger partial charge in [-0.25, -0.2) is 14.8 Å². The molecule has 2 atom stereocenters. The largest absolute Gasteiger partial charge is 0.461 e. The molecule has 20 heavy (non-hydrogen) atoms. The highest BCUT2D eigenvalue weighted by molar-refractivity contribution is 6.02. The molecule has 3 heterocycles. The normalized spacial score (nSPS) is 23.9. The van der Waals surface area contributed by atoms with Gasteiger partial charge in [-0.2, -0.15) is 0 Å². The van der Waals surface area contributed by atoms with Crippen LogP contribution in [-0.4, -0.2) is 41.2 Å². The second-order valence-electron chi connectivity index (χ2n) is 4.43. The van der Waals surface area contributed by atoms with Gasteiger partial charge in [-0.1, -0.05) is 5.16 Å². The van der Waals surface area contributed by atoms with Gasteiger partial charge in [0, 0.05) is 0 Å². The van der Waals surface area contributed by atoms with Gasteiger partial charge in [0.05, 0.1) is 25.3 Å². The van der Waals surface area contributed by atoms with Crippen LogP contribution in [0, 0.1) is 5.92 Å². The van der Waals surface area contributed by atoms with E-state index in [9.17, 15) is 4.79 Å². The molecule has 8 heteroatoms. The number of nitrogens with two attached hydrogens (primary N) is 1. The van der Waals surface area contributed by atoms with Gasteiger partial charge in [0.25, 0.3) is 0 Å². The molecule has 2 unspecified atom stereocenters. The maximum atomic E-state index is 11.8. The number of nitrogen functional groups attached to an aromatic ring is 1. The maximum absolute atomic E-state index is 11.8. The summed E-state index contributed by atoms with van der Waals surface area (Å²) < 4.78 is 10.3. The van der Waals surface area contributed by atoms with Crippen molar-refractivity contribution in [1.82, 2.24) is 9.97 Å². The van der Waals surface area contributed by atoms with Crippen molar-refractivity contribution in [3.8, 4) is 0 Å². The predicted molar refractivity (Wildman–Crippen MR) is 67.9 cm³/mol. The van der Waals surface area contributed by atoms with E-state index in [1.165, 1.54) is 6.20 Å². The minimum atomic E-state index is -0.599. The first kappa shape index (κ1) is 12.8. The summed E-state index contributed by atoms with van der Waals surface area (Å²) in [7, 11) is 0. The summed E-state index contributed by atoms with van der Waals surface area (Å²) in [6.07, 6.45) is 1.90. The fraction of sp³-hybridized carbons (Fsp3) is 0.500. The monoisotopic (exact) mass is 278 g/mol. The summed E-state index contributed by atoms with van der Waals surface area (Å²) in [6, 6.07) is 0. The van der Waals surface area contributed by atoms with Crippen LogP contribution in [0.5, 0.6) is 0 Å². The van der Waals surface area contributed by atoms with Crippen molar-refractivity contribution in [1.29, 1.82) is 0 Å². The minimum Gasteiger partial charge on any atom is -0.461 e. The lowest BCUT2D eigenvalue weighted by Gasteiger charge is -2.08. The highest BCUT2D eigenvalue weighted by Crippen LogP contribution is 2.31. The van der Waals surface area contributed by atoms with Crippen molar-refractivity contribution < 1.29 is 19.1 Å². The maximum Gasteiger partial charge on any atom is 0.360 e. The molecule has 3 rings (SSSR count). The van der Waals surface area contributed by atoms with Crippen LogP contribution in [0.25, 0.3) is 0 Å². The third-order valence-electron chi connectivity index (χ3n) is 3.18. The molecule has 0 saturated carbocycles. The van der Waals surface area contributed by atoms with Crippen molar-refractivity contribution in [2.24, 2.45) is 11.1 Å². The summed E-state index contributed by atoms with van der Waals surface area (Å²) in [5.41, 5.74) is 6.74. The zero-order chi connectivity index (χ0) is 14.1. The molecule has 2 aliphatic rings. The standard InChI is InChI=1S/C12H14N4O4/c1-2-18-11(17)9-10(13)14-5-7(15-9)8-6-3-4-19-12(6)20-16-8/h5-6,12H,2-4H2,1H3,(H2,13,14). The minimum absolute atomic E-state index is 0.00517. The summed E-state index contributed by atoms with van der Waals surface area (Å²) in [4.78, 5) is 25.1. The molecule has 1 saturated heterocycles. The second kappa shape index (κ2) is 5.04. The average Bonchev–Trinajstić information content (AvgIpc) is 3.02. The highest BCUT2D eigenvalue weighted by atomic mass is 16.8. The first-order valence-corrected chi connectivity index (χ1v) is 6.36. The topological polar surface area (TPSA) is 109 Å². The fourth-order valence-electron chi connectivity index (χ4n) is 2.22. The van der Waals surface area contributed by atoms with E-state index in [0.717, 1.165) is 6.42 Å². The van der Waals surface area contributed by atoms with E-state index in [4.69, 9.17) is 20.0 Å². The number of aromatic nitrogens is 2. The lowest BCUT2D eigenvalue weighted by Crippen LogP contribution is -2.21. The van der Waals surface area contributed by atoms with Crippen molar-refractivity contribution in [3.63, 3.8) is 0 Å². The summed E-state index contributed by atoms with van der Waals surface area (Å²) in [5, 5.41) is 3.96. The Morgan fingerprint density at radius 1 is 1.60 bits per heavy atom. The van der Waals surface area contributed by atoms with Crippen molar-refractivity contribution in [2.45, 2.75) is 19.6 Å². The van der Waals surface area contributed by atoms with Crippen molar-refractivity contribution in [3.05, 3.63) is 17.6 Å². The molecule has 8 nitrogen and oxygen atoms in total. The van der Waals surface area contributed by atoms with E-state index in [-0.39, 0.29) is 30.3 Å². The molecular formula is C12H14N4O4. The van der Waals surface area contributed by atoms with E-state index in [1.54, 1.807) is 6.92 Å². The average molecular weight is 278 g/mol. The smallest absolute Gasteiger partial charge is 0.360 e. The van der Waals surface area contributed by atoms with Gasteiger partial charge in [-0.15, -0.1) is 0 Å². The van der Waals surface area contributed by atoms with E-state index >= 15 is 0 Å². The number of carbonyl (C=O) groups excluding carboxylic acids is 1. The van der Waals surface area contributed by atoms with Crippen molar-refractivity contribution >= 4 is 17.5 Å². The summed E-state index contributed by atoms with van der Waals surface area (Å²) in [6.45, 7) is 2.56. The first-order chi connectivity index (χ1) is 9.70. The molecule has 0 aliphatic carbocycles. The SMILES string of the molecule is CCOC(=O)c1nc(C2=NOC3OCCC23)cnc1N. The van der Waals surface area contributed by atoms with Gasteiger partial charge in [0.1, 0.15) is 11.4 Å². The van der Waals surface area contributed by atoms with Gasteiger partial charge >= 0.3 is 5.97 Å². The number of carbonyl (C=O) groups is 1. The van der Waals surface area contributed by atoms with E-state index in [1.807, 2.05) is 0 Å². The summed E-state index contributed by atoms with van der Waals surface area (Å²) in [5.74, 6) is -0.549. The van der Waals surface area contributed by atoms with E-state index in [0.29, 0.717) is 18.0 Å². The lowest BCUT2D eigenvalue weighted by atomic mass is 9.99. The molecule has 2 aliphatic heterocycles. The zero-order valence-electron chi connectivity index (χ0n) is 10.9. The quantitative estimate of drug-likeness (QED) is 0.793. The molecule has 0 amide bonds. The number of anilines is 1. The molecule has 1 aromatic rings. The zero-order valence-corrected chi connectivity index (χ0v) is 10.9. The van der Waals surface area contributed by atoms with Gasteiger partial charge < -0.3 is 20.0 Å². The molecule has 1 aromatic heterocycles. The Labute approximate surface area is 114 Å². The van der Waals surface area contributed by atoms with Gasteiger partial charge in [-0.05, 0) is 13.3 Å². The Morgan fingerprint density at radius 2 is 2.45 bits per heavy atom. The van der Waals surface area contributed by atoms with Crippen LogP contribution in [0.2, 0.25) is 0 Å². The van der Waals surface area contributed by atoms with Gasteiger partial charge in [-0.3, -0.25) is 0 Å². The van der Waals surface area contributed by atoms with E-state index in [2.05, 4.69) is 15.1 Å². The Morgan fingerprint density at radius 3 is 3.25 bits per heavy atom. The molecule has 0 bridgehead atoms. The van der Waals surface area contributed by atoms with Crippen LogP contribution in [0.15, 0.2) is 11.4 Å². The van der Waals surface area contributed by atoms with Crippen LogP contribution in [-0.2, 0) is 14.3 Å². The summed E-state index contributed by atoms with van der Waals surface area (Å²) >= 11 is 0. The lowest BCUT2D eigenvalue weighted by molar-refractivity contribution is -0.106. The van der Waals surface area contributed by atoms with Gasteiger partial charge in [0.2, 0.25) is 6.29 Å². The molecule has 0 radical (unpaired) electrons. The van der Waals surface area contributed by atoms with E-state index < -0.39 is 5.97 Å². The van der Waals surface area contributed by atoms with Crippen molar-refractivity contribution in [2.75, 3.05) is 18.9 Å². The Bertz CT molecular complexity index is 575. The van der Waals surface area contributed by atoms with Crippen LogP contribution in [0.1, 0.15) is 29.5 Å². The van der Waals surface area contributed by atoms with Crippen LogP contribution in [0.4, 0.5) is 5.82 Å². The Balaban J connectivity index is 1.91. The van der Waals surface area contributed by atoms with Gasteiger partial charge in [0.15, 0.2) is 11.5 Å². The van der Waals surface area contributed by atoms with Crippen LogP contribution >= 0.6 is 0 Å². The van der Waals surface area contributed by atoms with Crippen LogP contribution < -0.4 is 5.73 Å². The van der Waals surface area contributed by atoms with Crippen LogP contribution in [0.3, 0.4) is 0 Å². The molecular weight excluding hydrogens is 264 g/mol. The number of esters is 1. The molecule has 0 spiro atoms. The number of oxime groups is 1. The first-order valence-electron chi connectivity index (χ1n) is 6.36. The fourth-order valence-corrected chi connectivity index (χ4v) is 2.22. The third kappa shape index (κ3) is 2.07. The molecule has 0 aromatic carbocycles. The number of nitrogens with zero attached hydrogens (tertiary/aromatic N) is 3. The molecule has 2 N–H and O–H groups in total. The second-order valence-corrected chi connectivity index (χ2v) is 4.43. The Hall–Kier alpha value is -2.22. The Kier molecular flexibility index (Phi) is 3.23. The number of hydrogen-bond acceptors (Lipinski definition) is 8.